The summed E-state index contributed by atoms with van der Waals surface area (Å²) >= 11 is 8.06. The summed E-state index contributed by atoms with van der Waals surface area (Å²) in [7, 11) is 0. The summed E-state index contributed by atoms with van der Waals surface area (Å²) in [5.41, 5.74) is 8.78. The Hall–Kier alpha value is -2.46. The number of morpholine rings is 1. The third kappa shape index (κ3) is 4.31. The number of thiazole rings is 1. The number of nitrogen functional groups attached to an aromatic ring is 1. The van der Waals surface area contributed by atoms with Crippen molar-refractivity contribution in [1.29, 1.82) is 0 Å². The highest BCUT2D eigenvalue weighted by atomic mass is 35.5. The van der Waals surface area contributed by atoms with Gasteiger partial charge in [0.25, 0.3) is 5.56 Å². The zero-order valence-electron chi connectivity index (χ0n) is 16.9. The maximum absolute atomic E-state index is 12.8. The fourth-order valence-corrected chi connectivity index (χ4v) is 5.26. The van der Waals surface area contributed by atoms with E-state index in [1.807, 2.05) is 12.1 Å². The number of H-pyrrole nitrogens is 1. The molecule has 31 heavy (non-hydrogen) atoms. The minimum absolute atomic E-state index is 0.0917. The van der Waals surface area contributed by atoms with Gasteiger partial charge in [0.15, 0.2) is 5.13 Å². The molecule has 0 bridgehead atoms. The number of aromatic nitrogens is 3. The van der Waals surface area contributed by atoms with Gasteiger partial charge in [0.05, 0.1) is 29.3 Å². The molecule has 0 unspecified atom stereocenters. The van der Waals surface area contributed by atoms with E-state index < -0.39 is 0 Å². The number of anilines is 2. The summed E-state index contributed by atoms with van der Waals surface area (Å²) in [5, 5.41) is 1.48. The molecular weight excluding hydrogens is 436 g/mol. The first-order chi connectivity index (χ1) is 15.1. The van der Waals surface area contributed by atoms with Gasteiger partial charge in [-0.2, -0.15) is 0 Å². The smallest absolute Gasteiger partial charge is 0.255 e. The van der Waals surface area contributed by atoms with E-state index in [1.54, 1.807) is 23.5 Å². The first-order valence-electron chi connectivity index (χ1n) is 10.2. The molecule has 1 saturated heterocycles. The van der Waals surface area contributed by atoms with Gasteiger partial charge < -0.3 is 20.4 Å². The van der Waals surface area contributed by atoms with Gasteiger partial charge >= 0.3 is 0 Å². The number of rotatable bonds is 4. The van der Waals surface area contributed by atoms with Crippen LogP contribution in [0.15, 0.2) is 29.1 Å². The van der Waals surface area contributed by atoms with Crippen LogP contribution in [0.1, 0.15) is 16.1 Å². The highest BCUT2D eigenvalue weighted by Crippen LogP contribution is 2.32. The summed E-state index contributed by atoms with van der Waals surface area (Å²) in [6, 6.07) is 7.35. The lowest BCUT2D eigenvalue weighted by Gasteiger charge is -2.27. The predicted molar refractivity (Wildman–Crippen MR) is 123 cm³/mol. The van der Waals surface area contributed by atoms with Gasteiger partial charge in [0, 0.05) is 50.4 Å². The maximum Gasteiger partial charge on any atom is 0.255 e. The van der Waals surface area contributed by atoms with Crippen LogP contribution in [-0.2, 0) is 24.2 Å². The van der Waals surface area contributed by atoms with Crippen molar-refractivity contribution in [2.24, 2.45) is 0 Å². The summed E-state index contributed by atoms with van der Waals surface area (Å²) < 4.78 is 5.42. The number of fused-ring (bicyclic) bond motifs is 1. The fraction of sp³-hybridized carbons (Fsp3) is 0.381. The molecule has 0 saturated carbocycles. The van der Waals surface area contributed by atoms with Crippen molar-refractivity contribution in [3.8, 4) is 11.4 Å². The number of hydrogen-bond acceptors (Lipinski definition) is 8. The SMILES string of the molecule is Nc1ccc(-c2nc3c(c(=O)[nH]2)CN(Cc2sc(N4CCOCC4)nc2Cl)CC3)cc1. The molecule has 1 aromatic carbocycles. The standard InChI is InChI=1S/C21H23ClN6O2S/c22-18-17(31-21(25-18)28-7-9-30-10-8-28)12-27-6-5-16-15(11-27)20(29)26-19(24-16)13-1-3-14(23)4-2-13/h1-4H,5-12,23H2,(H,24,26,29). The number of nitrogens with one attached hydrogen (secondary N) is 1. The molecule has 5 rings (SSSR count). The lowest BCUT2D eigenvalue weighted by Crippen LogP contribution is -2.36. The van der Waals surface area contributed by atoms with E-state index in [1.165, 1.54) is 0 Å². The molecule has 2 aromatic heterocycles. The summed E-state index contributed by atoms with van der Waals surface area (Å²) in [4.78, 5) is 30.5. The van der Waals surface area contributed by atoms with E-state index in [0.29, 0.717) is 49.4 Å². The normalized spacial score (nSPS) is 17.0. The van der Waals surface area contributed by atoms with Crippen LogP contribution in [0.3, 0.4) is 0 Å². The van der Waals surface area contributed by atoms with Crippen LogP contribution >= 0.6 is 22.9 Å². The van der Waals surface area contributed by atoms with Crippen molar-refractivity contribution in [1.82, 2.24) is 19.9 Å². The molecule has 2 aliphatic rings. The zero-order valence-corrected chi connectivity index (χ0v) is 18.5. The highest BCUT2D eigenvalue weighted by molar-refractivity contribution is 7.16. The van der Waals surface area contributed by atoms with Gasteiger partial charge in [-0.15, -0.1) is 0 Å². The van der Waals surface area contributed by atoms with Crippen LogP contribution in [0.2, 0.25) is 5.15 Å². The van der Waals surface area contributed by atoms with Crippen molar-refractivity contribution >= 4 is 33.8 Å². The Kier molecular flexibility index (Phi) is 5.66. The third-order valence-corrected chi connectivity index (χ3v) is 7.14. The quantitative estimate of drug-likeness (QED) is 0.579. The van der Waals surface area contributed by atoms with Gasteiger partial charge in [0.2, 0.25) is 0 Å². The van der Waals surface area contributed by atoms with E-state index in [-0.39, 0.29) is 5.56 Å². The van der Waals surface area contributed by atoms with Gasteiger partial charge in [-0.25, -0.2) is 9.97 Å². The second-order valence-electron chi connectivity index (χ2n) is 7.73. The Balaban J connectivity index is 1.32. The molecule has 10 heteroatoms. The number of aromatic amines is 1. The number of nitrogens with two attached hydrogens (primary N) is 1. The maximum atomic E-state index is 12.8. The van der Waals surface area contributed by atoms with E-state index in [0.717, 1.165) is 46.5 Å². The Morgan fingerprint density at radius 1 is 1.16 bits per heavy atom. The minimum atomic E-state index is -0.0917. The predicted octanol–water partition coefficient (Wildman–Crippen LogP) is 2.52. The monoisotopic (exact) mass is 458 g/mol. The molecule has 162 valence electrons. The Morgan fingerprint density at radius 3 is 2.71 bits per heavy atom. The van der Waals surface area contributed by atoms with E-state index in [2.05, 4.69) is 19.8 Å². The molecule has 0 atom stereocenters. The fourth-order valence-electron chi connectivity index (χ4n) is 3.91. The lowest BCUT2D eigenvalue weighted by molar-refractivity contribution is 0.122. The van der Waals surface area contributed by atoms with Crippen molar-refractivity contribution in [3.05, 3.63) is 55.9 Å². The molecule has 0 spiro atoms. The molecule has 4 heterocycles. The van der Waals surface area contributed by atoms with Crippen molar-refractivity contribution in [2.45, 2.75) is 19.5 Å². The number of halogens is 1. The third-order valence-electron chi connectivity index (χ3n) is 5.62. The van der Waals surface area contributed by atoms with Crippen LogP contribution in [0.4, 0.5) is 10.8 Å². The van der Waals surface area contributed by atoms with E-state index >= 15 is 0 Å². The van der Waals surface area contributed by atoms with Crippen molar-refractivity contribution in [2.75, 3.05) is 43.5 Å². The van der Waals surface area contributed by atoms with Crippen molar-refractivity contribution < 1.29 is 4.74 Å². The van der Waals surface area contributed by atoms with Crippen LogP contribution in [0, 0.1) is 0 Å². The van der Waals surface area contributed by atoms with Gasteiger partial charge in [0.1, 0.15) is 11.0 Å². The summed E-state index contributed by atoms with van der Waals surface area (Å²) in [5.74, 6) is 0.581. The molecule has 2 aliphatic heterocycles. The van der Waals surface area contributed by atoms with E-state index in [9.17, 15) is 4.79 Å². The topological polar surface area (TPSA) is 100 Å². The molecule has 0 amide bonds. The Bertz CT molecular complexity index is 1140. The second kappa shape index (κ2) is 8.58. The molecule has 1 fully saturated rings. The number of nitrogens with zero attached hydrogens (tertiary/aromatic N) is 4. The number of ether oxygens (including phenoxy) is 1. The second-order valence-corrected chi connectivity index (χ2v) is 9.15. The first-order valence-corrected chi connectivity index (χ1v) is 11.4. The van der Waals surface area contributed by atoms with Crippen LogP contribution in [0.5, 0.6) is 0 Å². The number of benzene rings is 1. The first kappa shape index (κ1) is 20.4. The largest absolute Gasteiger partial charge is 0.399 e. The highest BCUT2D eigenvalue weighted by Gasteiger charge is 2.24. The van der Waals surface area contributed by atoms with E-state index in [4.69, 9.17) is 27.1 Å². The zero-order chi connectivity index (χ0) is 21.4. The number of hydrogen-bond donors (Lipinski definition) is 2. The van der Waals surface area contributed by atoms with Crippen LogP contribution < -0.4 is 16.2 Å². The summed E-state index contributed by atoms with van der Waals surface area (Å²) in [6.45, 7) is 5.11. The molecule has 3 N–H and O–H groups in total. The van der Waals surface area contributed by atoms with Crippen LogP contribution in [0.25, 0.3) is 11.4 Å². The minimum Gasteiger partial charge on any atom is -0.399 e. The van der Waals surface area contributed by atoms with Crippen molar-refractivity contribution in [3.63, 3.8) is 0 Å². The Morgan fingerprint density at radius 2 is 1.94 bits per heavy atom. The molecule has 0 aliphatic carbocycles. The van der Waals surface area contributed by atoms with Gasteiger partial charge in [-0.1, -0.05) is 22.9 Å². The summed E-state index contributed by atoms with van der Waals surface area (Å²) in [6.07, 6.45) is 0.716. The molecule has 8 nitrogen and oxygen atoms in total. The van der Waals surface area contributed by atoms with Gasteiger partial charge in [-0.05, 0) is 24.3 Å². The average Bonchev–Trinajstić information content (AvgIpc) is 3.15. The molecule has 3 aromatic rings. The molecule has 0 radical (unpaired) electrons. The average molecular weight is 459 g/mol. The van der Waals surface area contributed by atoms with Gasteiger partial charge in [-0.3, -0.25) is 9.69 Å². The lowest BCUT2D eigenvalue weighted by atomic mass is 10.1. The van der Waals surface area contributed by atoms with Crippen LogP contribution in [-0.4, -0.2) is 52.7 Å². The Labute approximate surface area is 188 Å². The molecular formula is C21H23ClN6O2S.